The molecule has 1 aliphatic heterocycles. The predicted molar refractivity (Wildman–Crippen MR) is 61.0 cm³/mol. The molecule has 16 heavy (non-hydrogen) atoms. The third-order valence-corrected chi connectivity index (χ3v) is 3.27. The Labute approximate surface area is 101 Å². The van der Waals surface area contributed by atoms with Gasteiger partial charge in [-0.25, -0.2) is 8.78 Å². The summed E-state index contributed by atoms with van der Waals surface area (Å²) >= 11 is 3.28. The molecular weight excluding hydrogens is 280 g/mol. The lowest BCUT2D eigenvalue weighted by molar-refractivity contribution is -0.00784. The maximum atomic E-state index is 12.9. The van der Waals surface area contributed by atoms with E-state index in [9.17, 15) is 8.78 Å². The maximum Gasteiger partial charge on any atom is 0.167 e. The van der Waals surface area contributed by atoms with Crippen molar-refractivity contribution in [2.24, 2.45) is 5.73 Å². The van der Waals surface area contributed by atoms with Gasteiger partial charge in [-0.1, -0.05) is 22.0 Å². The van der Waals surface area contributed by atoms with Crippen molar-refractivity contribution in [3.05, 3.63) is 28.2 Å². The predicted octanol–water partition coefficient (Wildman–Crippen LogP) is 2.91. The van der Waals surface area contributed by atoms with E-state index in [0.717, 1.165) is 10.0 Å². The summed E-state index contributed by atoms with van der Waals surface area (Å²) in [6, 6.07) is 4.95. The molecule has 1 aromatic rings. The van der Waals surface area contributed by atoms with E-state index in [-0.39, 0.29) is 12.5 Å². The fraction of sp³-hybridized carbons (Fsp3) is 0.455. The summed E-state index contributed by atoms with van der Waals surface area (Å²) in [6.07, 6.45) is 0.161. The first-order chi connectivity index (χ1) is 7.60. The van der Waals surface area contributed by atoms with Crippen molar-refractivity contribution in [1.82, 2.24) is 0 Å². The van der Waals surface area contributed by atoms with Crippen molar-refractivity contribution in [2.75, 3.05) is 13.3 Å². The zero-order chi connectivity index (χ0) is 11.8. The second-order valence-corrected chi connectivity index (χ2v) is 4.96. The summed E-state index contributed by atoms with van der Waals surface area (Å²) < 4.78 is 31.9. The number of fused-ring (bicyclic) bond motifs is 1. The van der Waals surface area contributed by atoms with Crippen LogP contribution in [0.15, 0.2) is 22.7 Å². The van der Waals surface area contributed by atoms with Gasteiger partial charge >= 0.3 is 0 Å². The minimum Gasteiger partial charge on any atom is -0.481 e. The van der Waals surface area contributed by atoms with Crippen LogP contribution in [-0.4, -0.2) is 19.0 Å². The minimum atomic E-state index is -1.41. The van der Waals surface area contributed by atoms with Gasteiger partial charge in [0, 0.05) is 22.5 Å². The Morgan fingerprint density at radius 2 is 2.12 bits per heavy atom. The smallest absolute Gasteiger partial charge is 0.167 e. The number of nitrogens with two attached hydrogens (primary N) is 1. The van der Waals surface area contributed by atoms with E-state index in [1.807, 2.05) is 12.1 Å². The first kappa shape index (κ1) is 11.8. The standard InChI is InChI=1S/C11H12BrF2NO/c12-7-1-2-8-9(15)4-11(5-13,6-14)16-10(8)3-7/h1-3,9H,4-6,15H2/t9-/m1/s1. The molecule has 5 heteroatoms. The van der Waals surface area contributed by atoms with Crippen LogP contribution < -0.4 is 10.5 Å². The Morgan fingerprint density at radius 3 is 2.75 bits per heavy atom. The number of hydrogen-bond acceptors (Lipinski definition) is 2. The highest BCUT2D eigenvalue weighted by molar-refractivity contribution is 9.10. The lowest BCUT2D eigenvalue weighted by Crippen LogP contribution is -2.46. The lowest BCUT2D eigenvalue weighted by Gasteiger charge is -2.37. The van der Waals surface area contributed by atoms with Gasteiger partial charge in [-0.2, -0.15) is 0 Å². The zero-order valence-electron chi connectivity index (χ0n) is 8.55. The first-order valence-electron chi connectivity index (χ1n) is 4.96. The van der Waals surface area contributed by atoms with E-state index < -0.39 is 19.0 Å². The van der Waals surface area contributed by atoms with Crippen LogP contribution in [0, 0.1) is 0 Å². The molecule has 1 aliphatic rings. The average Bonchev–Trinajstić information content (AvgIpc) is 2.28. The quantitative estimate of drug-likeness (QED) is 0.909. The van der Waals surface area contributed by atoms with Gasteiger partial charge in [0.1, 0.15) is 19.1 Å². The number of hydrogen-bond donors (Lipinski definition) is 1. The van der Waals surface area contributed by atoms with Crippen LogP contribution >= 0.6 is 15.9 Å². The van der Waals surface area contributed by atoms with Gasteiger partial charge in [-0.3, -0.25) is 0 Å². The van der Waals surface area contributed by atoms with Gasteiger partial charge < -0.3 is 10.5 Å². The van der Waals surface area contributed by atoms with Crippen LogP contribution in [-0.2, 0) is 0 Å². The molecule has 0 fully saturated rings. The summed E-state index contributed by atoms with van der Waals surface area (Å²) in [5.41, 5.74) is 5.28. The molecule has 0 radical (unpaired) electrons. The Kier molecular flexibility index (Phi) is 3.17. The second kappa shape index (κ2) is 4.30. The van der Waals surface area contributed by atoms with Gasteiger partial charge in [-0.05, 0) is 12.1 Å². The van der Waals surface area contributed by atoms with Crippen LogP contribution in [0.2, 0.25) is 0 Å². The molecule has 1 aromatic carbocycles. The lowest BCUT2D eigenvalue weighted by atomic mass is 9.89. The van der Waals surface area contributed by atoms with Gasteiger partial charge in [0.05, 0.1) is 0 Å². The second-order valence-electron chi connectivity index (χ2n) is 4.05. The molecule has 2 N–H and O–H groups in total. The summed E-state index contributed by atoms with van der Waals surface area (Å²) in [5.74, 6) is 0.462. The molecular formula is C11H12BrF2NO. The fourth-order valence-corrected chi connectivity index (χ4v) is 2.23. The highest BCUT2D eigenvalue weighted by atomic mass is 79.9. The van der Waals surface area contributed by atoms with E-state index in [4.69, 9.17) is 10.5 Å². The zero-order valence-corrected chi connectivity index (χ0v) is 10.1. The topological polar surface area (TPSA) is 35.2 Å². The minimum absolute atomic E-state index is 0.161. The highest BCUT2D eigenvalue weighted by Gasteiger charge is 2.40. The van der Waals surface area contributed by atoms with Crippen molar-refractivity contribution < 1.29 is 13.5 Å². The van der Waals surface area contributed by atoms with Crippen molar-refractivity contribution >= 4 is 15.9 Å². The molecule has 0 saturated carbocycles. The SMILES string of the molecule is N[C@@H]1CC(CF)(CF)Oc2cc(Br)ccc21. The monoisotopic (exact) mass is 291 g/mol. The Bertz CT molecular complexity index is 396. The van der Waals surface area contributed by atoms with Crippen LogP contribution in [0.3, 0.4) is 0 Å². The highest BCUT2D eigenvalue weighted by Crippen LogP contribution is 2.40. The number of ether oxygens (including phenoxy) is 1. The first-order valence-corrected chi connectivity index (χ1v) is 5.75. The number of alkyl halides is 2. The molecule has 0 unspecified atom stereocenters. The molecule has 0 saturated heterocycles. The number of rotatable bonds is 2. The number of halogens is 3. The van der Waals surface area contributed by atoms with Crippen LogP contribution in [0.5, 0.6) is 5.75 Å². The summed E-state index contributed by atoms with van der Waals surface area (Å²) in [7, 11) is 0. The molecule has 2 nitrogen and oxygen atoms in total. The summed E-state index contributed by atoms with van der Waals surface area (Å²) in [4.78, 5) is 0. The van der Waals surface area contributed by atoms with Crippen molar-refractivity contribution in [3.63, 3.8) is 0 Å². The largest absolute Gasteiger partial charge is 0.481 e. The fourth-order valence-electron chi connectivity index (χ4n) is 1.89. The molecule has 1 atom stereocenters. The summed E-state index contributed by atoms with van der Waals surface area (Å²) in [6.45, 7) is -1.74. The van der Waals surface area contributed by atoms with E-state index in [2.05, 4.69) is 15.9 Å². The Hall–Kier alpha value is -0.680. The molecule has 2 rings (SSSR count). The van der Waals surface area contributed by atoms with E-state index in [0.29, 0.717) is 5.75 Å². The van der Waals surface area contributed by atoms with Crippen LogP contribution in [0.25, 0.3) is 0 Å². The van der Waals surface area contributed by atoms with Crippen molar-refractivity contribution in [1.29, 1.82) is 0 Å². The van der Waals surface area contributed by atoms with Crippen LogP contribution in [0.4, 0.5) is 8.78 Å². The maximum absolute atomic E-state index is 12.9. The molecule has 0 bridgehead atoms. The Balaban J connectivity index is 2.41. The molecule has 0 amide bonds. The third-order valence-electron chi connectivity index (χ3n) is 2.78. The van der Waals surface area contributed by atoms with E-state index in [1.165, 1.54) is 0 Å². The third kappa shape index (κ3) is 1.94. The van der Waals surface area contributed by atoms with Crippen molar-refractivity contribution in [2.45, 2.75) is 18.1 Å². The van der Waals surface area contributed by atoms with Gasteiger partial charge in [0.15, 0.2) is 5.60 Å². The van der Waals surface area contributed by atoms with Crippen LogP contribution in [0.1, 0.15) is 18.0 Å². The molecule has 1 heterocycles. The normalized spacial score (nSPS) is 22.4. The molecule has 88 valence electrons. The average molecular weight is 292 g/mol. The molecule has 0 aliphatic carbocycles. The van der Waals surface area contributed by atoms with E-state index in [1.54, 1.807) is 6.07 Å². The number of benzene rings is 1. The van der Waals surface area contributed by atoms with E-state index >= 15 is 0 Å². The summed E-state index contributed by atoms with van der Waals surface area (Å²) in [5, 5.41) is 0. The van der Waals surface area contributed by atoms with Gasteiger partial charge in [0.2, 0.25) is 0 Å². The van der Waals surface area contributed by atoms with Gasteiger partial charge in [0.25, 0.3) is 0 Å². The molecule has 0 aromatic heterocycles. The van der Waals surface area contributed by atoms with Gasteiger partial charge in [-0.15, -0.1) is 0 Å². The Morgan fingerprint density at radius 1 is 1.44 bits per heavy atom. The van der Waals surface area contributed by atoms with Crippen molar-refractivity contribution in [3.8, 4) is 5.75 Å². The molecule has 0 spiro atoms.